The van der Waals surface area contributed by atoms with Gasteiger partial charge in [0.2, 0.25) is 11.8 Å². The van der Waals surface area contributed by atoms with Gasteiger partial charge in [-0.2, -0.15) is 0 Å². The Balaban J connectivity index is 1.57. The normalized spacial score (nSPS) is 14.0. The molecule has 0 saturated heterocycles. The van der Waals surface area contributed by atoms with Gasteiger partial charge < -0.3 is 40.2 Å². The number of amides is 4. The Morgan fingerprint density at radius 3 is 1.35 bits per heavy atom. The maximum absolute atomic E-state index is 14.9. The van der Waals surface area contributed by atoms with Crippen molar-refractivity contribution in [3.63, 3.8) is 0 Å². The zero-order valence-corrected chi connectivity index (χ0v) is 55.2. The first-order valence-electron chi connectivity index (χ1n) is 30.5. The lowest BCUT2D eigenvalue weighted by atomic mass is 9.84. The molecular formula is C70H94N4O14S. The van der Waals surface area contributed by atoms with Crippen molar-refractivity contribution in [3.8, 4) is 0 Å². The van der Waals surface area contributed by atoms with Crippen LogP contribution in [0.5, 0.6) is 0 Å². The third kappa shape index (κ3) is 26.9. The first-order chi connectivity index (χ1) is 41.5. The van der Waals surface area contributed by atoms with Crippen LogP contribution in [0.4, 0.5) is 4.79 Å². The van der Waals surface area contributed by atoms with Gasteiger partial charge in [0.05, 0.1) is 23.1 Å². The van der Waals surface area contributed by atoms with Gasteiger partial charge in [-0.3, -0.25) is 33.6 Å². The fraction of sp³-hybridized carbons (Fsp3) is 0.514. The number of hydrogen-bond acceptors (Lipinski definition) is 15. The quantitative estimate of drug-likeness (QED) is 0.0201. The van der Waals surface area contributed by atoms with E-state index in [0.29, 0.717) is 5.56 Å². The second kappa shape index (κ2) is 33.8. The van der Waals surface area contributed by atoms with Gasteiger partial charge >= 0.3 is 29.9 Å². The Morgan fingerprint density at radius 2 is 0.888 bits per heavy atom. The van der Waals surface area contributed by atoms with E-state index < -0.39 is 142 Å². The van der Waals surface area contributed by atoms with E-state index in [9.17, 15) is 47.9 Å². The van der Waals surface area contributed by atoms with Crippen molar-refractivity contribution >= 4 is 70.8 Å². The van der Waals surface area contributed by atoms with E-state index in [4.69, 9.17) is 18.9 Å². The lowest BCUT2D eigenvalue weighted by Gasteiger charge is -2.36. The number of ether oxygens (including phenoxy) is 4. The molecule has 89 heavy (non-hydrogen) atoms. The van der Waals surface area contributed by atoms with E-state index in [-0.39, 0.29) is 50.1 Å². The summed E-state index contributed by atoms with van der Waals surface area (Å²) in [5.41, 5.74) is -0.0350. The number of carbonyl (C=O) groups is 10. The number of esters is 4. The number of carbonyl (C=O) groups excluding carboxylic acids is 10. The Bertz CT molecular complexity index is 2910. The Kier molecular flexibility index (Phi) is 28.0. The minimum Gasteiger partial charge on any atom is -0.460 e. The molecule has 4 rings (SSSR count). The first kappa shape index (κ1) is 73.8. The molecule has 0 heterocycles. The summed E-state index contributed by atoms with van der Waals surface area (Å²) in [6, 6.07) is 33.6. The monoisotopic (exact) mass is 1250 g/mol. The molecule has 0 bridgehead atoms. The molecule has 0 fully saturated rings. The lowest BCUT2D eigenvalue weighted by molar-refractivity contribution is -0.160. The zero-order valence-electron chi connectivity index (χ0n) is 54.4. The maximum Gasteiger partial charge on any atom is 0.329 e. The second-order valence-corrected chi connectivity index (χ2v) is 27.7. The number of Topliss-reactive ketones (excluding diaryl/α,β-unsaturated/α-hetero) is 3. The van der Waals surface area contributed by atoms with Gasteiger partial charge in [0.25, 0.3) is 0 Å². The molecule has 0 radical (unpaired) electrons. The van der Waals surface area contributed by atoms with Crippen molar-refractivity contribution in [1.82, 2.24) is 21.3 Å². The van der Waals surface area contributed by atoms with Crippen molar-refractivity contribution in [1.29, 1.82) is 0 Å². The van der Waals surface area contributed by atoms with Gasteiger partial charge in [0.15, 0.2) is 5.78 Å². The van der Waals surface area contributed by atoms with Gasteiger partial charge in [0, 0.05) is 49.8 Å². The summed E-state index contributed by atoms with van der Waals surface area (Å²) in [6.07, 6.45) is -2.45. The third-order valence-corrected chi connectivity index (χ3v) is 15.4. The van der Waals surface area contributed by atoms with Crippen LogP contribution < -0.4 is 21.3 Å². The summed E-state index contributed by atoms with van der Waals surface area (Å²) in [6.45, 7) is 23.1. The number of nitrogens with one attached hydrogen (secondary N) is 4. The molecule has 18 nitrogen and oxygen atoms in total. The van der Waals surface area contributed by atoms with Gasteiger partial charge in [-0.15, -0.1) is 11.8 Å². The van der Waals surface area contributed by atoms with E-state index in [0.717, 1.165) is 16.7 Å². The number of urea groups is 1. The van der Waals surface area contributed by atoms with Gasteiger partial charge in [-0.05, 0) is 145 Å². The molecule has 0 aromatic heterocycles. The average molecular weight is 1250 g/mol. The molecule has 4 amide bonds. The highest BCUT2D eigenvalue weighted by molar-refractivity contribution is 8.00. The highest BCUT2D eigenvalue weighted by Gasteiger charge is 2.40. The Morgan fingerprint density at radius 1 is 0.449 bits per heavy atom. The largest absolute Gasteiger partial charge is 0.460 e. The predicted octanol–water partition coefficient (Wildman–Crippen LogP) is 10.8. The van der Waals surface area contributed by atoms with Gasteiger partial charge in [-0.25, -0.2) is 14.4 Å². The minimum atomic E-state index is -1.41. The maximum atomic E-state index is 14.9. The van der Waals surface area contributed by atoms with Crippen LogP contribution >= 0.6 is 11.8 Å². The molecule has 0 aliphatic carbocycles. The van der Waals surface area contributed by atoms with Crippen LogP contribution in [0.1, 0.15) is 177 Å². The van der Waals surface area contributed by atoms with Gasteiger partial charge in [0.1, 0.15) is 46.1 Å². The molecule has 484 valence electrons. The second-order valence-electron chi connectivity index (χ2n) is 26.5. The highest BCUT2D eigenvalue weighted by Crippen LogP contribution is 2.49. The summed E-state index contributed by atoms with van der Waals surface area (Å²) >= 11 is 1.54. The Hall–Kier alpha value is -7.67. The molecule has 4 aromatic carbocycles. The van der Waals surface area contributed by atoms with Crippen LogP contribution in [0.2, 0.25) is 0 Å². The molecule has 4 aromatic rings. The highest BCUT2D eigenvalue weighted by atomic mass is 32.2. The SMILES string of the molecule is CC(=O)[C@H](CSC(c1ccccc1)(c1ccccc1)c1ccccc1)CC(=O)[C@H](Cc1ccccc1)NC(=O)[C@@H](CC(=O)CC[C@H](NC(=O)CC[C@H](NC(=O)N[C@H](C)CCC(=O)OC(C)(C)C)C(=O)OC(C)(C)C)C(=O)OC(C)(C)C)CC(=O)OC(C)(C)C. The summed E-state index contributed by atoms with van der Waals surface area (Å²) in [5, 5.41) is 10.7. The smallest absolute Gasteiger partial charge is 0.329 e. The fourth-order valence-corrected chi connectivity index (χ4v) is 11.3. The topological polar surface area (TPSA) is 256 Å². The molecule has 6 atom stereocenters. The zero-order chi connectivity index (χ0) is 66.3. The summed E-state index contributed by atoms with van der Waals surface area (Å²) in [4.78, 5) is 138. The molecule has 0 spiro atoms. The van der Waals surface area contributed by atoms with Crippen LogP contribution in [0.3, 0.4) is 0 Å². The van der Waals surface area contributed by atoms with E-state index in [1.54, 1.807) is 126 Å². The van der Waals surface area contributed by atoms with Gasteiger partial charge in [-0.1, -0.05) is 121 Å². The fourth-order valence-electron chi connectivity index (χ4n) is 9.62. The van der Waals surface area contributed by atoms with Crippen LogP contribution in [0, 0.1) is 11.8 Å². The molecule has 0 unspecified atom stereocenters. The molecule has 0 aliphatic heterocycles. The number of rotatable bonds is 32. The summed E-state index contributed by atoms with van der Waals surface area (Å²) in [5.74, 6) is -7.67. The first-order valence-corrected chi connectivity index (χ1v) is 31.5. The molecule has 19 heteroatoms. The van der Waals surface area contributed by atoms with E-state index >= 15 is 0 Å². The summed E-state index contributed by atoms with van der Waals surface area (Å²) in [7, 11) is 0. The lowest BCUT2D eigenvalue weighted by Crippen LogP contribution is -2.50. The molecule has 0 aliphatic rings. The number of thioether (sulfide) groups is 1. The molecule has 0 saturated carbocycles. The van der Waals surface area contributed by atoms with E-state index in [1.165, 1.54) is 6.92 Å². The number of benzene rings is 4. The standard InChI is InChI=1S/C70H94N4O14S/c1-46(35-40-60(79)85-66(3,4)5)71-65(84)74-56(64(83)88-69(12,13)14)38-39-59(78)72-55(63(82)87-68(9,10)11)37-36-54(76)42-49(44-61(80)86-67(6,7)8)62(81)73-57(41-48-27-19-15-20-28-48)58(77)43-50(47(2)75)45-89-70(51-29-21-16-22-30-51,52-31-23-17-24-32-52)53-33-25-18-26-34-53/h15-34,46,49-50,55-57H,35-45H2,1-14H3,(H,72,78)(H,73,81)(H2,71,74,84)/t46-,49+,50+,55+,56+,57+/m1/s1. The third-order valence-electron chi connectivity index (χ3n) is 13.7. The van der Waals surface area contributed by atoms with Crippen LogP contribution in [0.15, 0.2) is 121 Å². The van der Waals surface area contributed by atoms with Crippen molar-refractivity contribution in [2.45, 2.75) is 212 Å². The van der Waals surface area contributed by atoms with Crippen molar-refractivity contribution in [3.05, 3.63) is 144 Å². The van der Waals surface area contributed by atoms with Crippen LogP contribution in [0.25, 0.3) is 0 Å². The van der Waals surface area contributed by atoms with E-state index in [2.05, 4.69) is 21.3 Å². The Labute approximate surface area is 530 Å². The summed E-state index contributed by atoms with van der Waals surface area (Å²) < 4.78 is 21.4. The van der Waals surface area contributed by atoms with Crippen LogP contribution in [-0.4, -0.2) is 111 Å². The minimum absolute atomic E-state index is 0.0208. The van der Waals surface area contributed by atoms with Crippen molar-refractivity contribution in [2.75, 3.05) is 5.75 Å². The van der Waals surface area contributed by atoms with Crippen molar-refractivity contribution < 1.29 is 66.9 Å². The molecular weight excluding hydrogens is 1150 g/mol. The van der Waals surface area contributed by atoms with Crippen molar-refractivity contribution in [2.24, 2.45) is 11.8 Å². The van der Waals surface area contributed by atoms with Crippen LogP contribution in [-0.2, 0) is 73.3 Å². The van der Waals surface area contributed by atoms with E-state index in [1.807, 2.05) is 97.1 Å². The number of hydrogen-bond donors (Lipinski definition) is 4. The number of ketones is 3. The average Bonchev–Trinajstić information content (AvgIpc) is 0.879. The predicted molar refractivity (Wildman–Crippen MR) is 343 cm³/mol. The molecule has 4 N–H and O–H groups in total.